The van der Waals surface area contributed by atoms with E-state index in [4.69, 9.17) is 5.73 Å². The van der Waals surface area contributed by atoms with Crippen molar-refractivity contribution in [1.29, 1.82) is 0 Å². The third-order valence-corrected chi connectivity index (χ3v) is 4.44. The molecule has 3 N–H and O–H groups in total. The molecule has 1 aliphatic rings. The van der Waals surface area contributed by atoms with Crippen LogP contribution in [0.25, 0.3) is 11.1 Å². The van der Waals surface area contributed by atoms with Gasteiger partial charge in [0.1, 0.15) is 0 Å². The van der Waals surface area contributed by atoms with E-state index in [1.54, 1.807) is 0 Å². The Morgan fingerprint density at radius 3 is 2.74 bits per heavy atom. The van der Waals surface area contributed by atoms with Gasteiger partial charge in [-0.3, -0.25) is 5.10 Å². The molecule has 2 aromatic rings. The Morgan fingerprint density at radius 2 is 2.00 bits per heavy atom. The maximum atomic E-state index is 6.07. The number of aromatic nitrogens is 2. The van der Waals surface area contributed by atoms with Crippen LogP contribution in [-0.2, 0) is 0 Å². The number of nitrogens with two attached hydrogens (primary N) is 1. The first-order valence-corrected chi connectivity index (χ1v) is 7.64. The predicted molar refractivity (Wildman–Crippen MR) is 82.0 cm³/mol. The zero-order valence-corrected chi connectivity index (χ0v) is 12.4. The van der Waals surface area contributed by atoms with Crippen molar-refractivity contribution in [2.45, 2.75) is 38.0 Å². The summed E-state index contributed by atoms with van der Waals surface area (Å²) in [5, 5.41) is 7.41. The highest BCUT2D eigenvalue weighted by Crippen LogP contribution is 2.39. The quantitative estimate of drug-likeness (QED) is 0.858. The highest BCUT2D eigenvalue weighted by atomic mass is 79.9. The van der Waals surface area contributed by atoms with Crippen molar-refractivity contribution in [2.75, 3.05) is 5.73 Å². The monoisotopic (exact) mass is 319 g/mol. The number of hydrogen-bond donors (Lipinski definition) is 2. The second-order valence-electron chi connectivity index (χ2n) is 5.24. The van der Waals surface area contributed by atoms with Crippen LogP contribution in [0.5, 0.6) is 0 Å². The molecular formula is C15H18BrN3. The summed E-state index contributed by atoms with van der Waals surface area (Å²) >= 11 is 3.52. The van der Waals surface area contributed by atoms with Crippen molar-refractivity contribution >= 4 is 21.7 Å². The summed E-state index contributed by atoms with van der Waals surface area (Å²) in [7, 11) is 0. The van der Waals surface area contributed by atoms with Crippen molar-refractivity contribution in [2.24, 2.45) is 0 Å². The Hall–Kier alpha value is -1.29. The first-order valence-electron chi connectivity index (χ1n) is 6.85. The van der Waals surface area contributed by atoms with Crippen molar-refractivity contribution in [3.63, 3.8) is 0 Å². The van der Waals surface area contributed by atoms with Crippen molar-refractivity contribution < 1.29 is 0 Å². The largest absolute Gasteiger partial charge is 0.382 e. The third kappa shape index (κ3) is 2.54. The van der Waals surface area contributed by atoms with E-state index in [0.29, 0.717) is 11.7 Å². The average Bonchev–Trinajstić information content (AvgIpc) is 2.82. The fourth-order valence-corrected chi connectivity index (χ4v) is 3.40. The Bertz CT molecular complexity index is 571. The standard InChI is InChI=1S/C15H18BrN3/c16-12-8-4-7-11(9-12)13-14(18-19-15(13)17)10-5-2-1-3-6-10/h4,7-10H,1-3,5-6H2,(H3,17,18,19). The van der Waals surface area contributed by atoms with Gasteiger partial charge in [-0.05, 0) is 30.5 Å². The number of aromatic amines is 1. The number of nitrogens with one attached hydrogen (secondary N) is 1. The van der Waals surface area contributed by atoms with Crippen molar-refractivity contribution in [1.82, 2.24) is 10.2 Å². The molecule has 0 atom stereocenters. The van der Waals surface area contributed by atoms with E-state index in [1.165, 1.54) is 37.8 Å². The number of nitrogen functional groups attached to an aromatic ring is 1. The number of rotatable bonds is 2. The molecule has 3 rings (SSSR count). The first-order chi connectivity index (χ1) is 9.25. The van der Waals surface area contributed by atoms with Crippen LogP contribution in [0.2, 0.25) is 0 Å². The maximum absolute atomic E-state index is 6.07. The zero-order valence-electron chi connectivity index (χ0n) is 10.8. The van der Waals surface area contributed by atoms with Crippen LogP contribution < -0.4 is 5.73 Å². The number of hydrogen-bond acceptors (Lipinski definition) is 2. The third-order valence-electron chi connectivity index (χ3n) is 3.95. The van der Waals surface area contributed by atoms with Crippen LogP contribution >= 0.6 is 15.9 Å². The smallest absolute Gasteiger partial charge is 0.153 e. The number of nitrogens with zero attached hydrogens (tertiary/aromatic N) is 1. The van der Waals surface area contributed by atoms with E-state index in [9.17, 15) is 0 Å². The van der Waals surface area contributed by atoms with Gasteiger partial charge in [0.25, 0.3) is 0 Å². The van der Waals surface area contributed by atoms with Crippen LogP contribution in [0.3, 0.4) is 0 Å². The van der Waals surface area contributed by atoms with E-state index in [2.05, 4.69) is 38.3 Å². The van der Waals surface area contributed by atoms with Crippen molar-refractivity contribution in [3.8, 4) is 11.1 Å². The second kappa shape index (κ2) is 5.37. The molecule has 100 valence electrons. The molecule has 1 aliphatic carbocycles. The summed E-state index contributed by atoms with van der Waals surface area (Å²) in [4.78, 5) is 0. The van der Waals surface area contributed by atoms with Gasteiger partial charge in [0.15, 0.2) is 5.82 Å². The lowest BCUT2D eigenvalue weighted by Gasteiger charge is -2.21. The molecule has 0 bridgehead atoms. The first kappa shape index (κ1) is 12.7. The molecule has 1 heterocycles. The van der Waals surface area contributed by atoms with Crippen molar-refractivity contribution in [3.05, 3.63) is 34.4 Å². The minimum absolute atomic E-state index is 0.576. The van der Waals surface area contributed by atoms with Gasteiger partial charge >= 0.3 is 0 Å². The predicted octanol–water partition coefficient (Wildman–Crippen LogP) is 4.47. The van der Waals surface area contributed by atoms with Crippen LogP contribution in [0.15, 0.2) is 28.7 Å². The Labute approximate surface area is 121 Å². The Morgan fingerprint density at radius 1 is 1.21 bits per heavy atom. The maximum Gasteiger partial charge on any atom is 0.153 e. The molecule has 19 heavy (non-hydrogen) atoms. The van der Waals surface area contributed by atoms with E-state index in [1.807, 2.05) is 12.1 Å². The zero-order chi connectivity index (χ0) is 13.2. The number of benzene rings is 1. The molecule has 0 amide bonds. The summed E-state index contributed by atoms with van der Waals surface area (Å²) in [6.45, 7) is 0. The summed E-state index contributed by atoms with van der Waals surface area (Å²) in [6, 6.07) is 8.27. The fourth-order valence-electron chi connectivity index (χ4n) is 3.00. The fraction of sp³-hybridized carbons (Fsp3) is 0.400. The molecule has 0 saturated heterocycles. The topological polar surface area (TPSA) is 54.7 Å². The molecule has 0 spiro atoms. The molecule has 1 fully saturated rings. The van der Waals surface area contributed by atoms with Gasteiger partial charge in [-0.2, -0.15) is 5.10 Å². The Balaban J connectivity index is 2.03. The molecule has 4 heteroatoms. The minimum Gasteiger partial charge on any atom is -0.382 e. The summed E-state index contributed by atoms with van der Waals surface area (Å²) in [5.41, 5.74) is 9.52. The van der Waals surface area contributed by atoms with E-state index < -0.39 is 0 Å². The molecule has 3 nitrogen and oxygen atoms in total. The highest BCUT2D eigenvalue weighted by molar-refractivity contribution is 9.10. The van der Waals surface area contributed by atoms with Gasteiger partial charge in [-0.15, -0.1) is 0 Å². The van der Waals surface area contributed by atoms with Gasteiger partial charge in [0.2, 0.25) is 0 Å². The van der Waals surface area contributed by atoms with Crippen LogP contribution in [-0.4, -0.2) is 10.2 Å². The van der Waals surface area contributed by atoms with E-state index in [-0.39, 0.29) is 0 Å². The highest BCUT2D eigenvalue weighted by Gasteiger charge is 2.23. The van der Waals surface area contributed by atoms with Gasteiger partial charge in [0, 0.05) is 21.6 Å². The van der Waals surface area contributed by atoms with Crippen LogP contribution in [0.4, 0.5) is 5.82 Å². The molecular weight excluding hydrogens is 302 g/mol. The molecule has 1 aromatic carbocycles. The number of anilines is 1. The lowest BCUT2D eigenvalue weighted by atomic mass is 9.84. The lowest BCUT2D eigenvalue weighted by molar-refractivity contribution is 0.437. The normalized spacial score (nSPS) is 16.7. The number of H-pyrrole nitrogens is 1. The molecule has 0 unspecified atom stereocenters. The summed E-state index contributed by atoms with van der Waals surface area (Å²) in [5.74, 6) is 1.19. The van der Waals surface area contributed by atoms with E-state index in [0.717, 1.165) is 15.6 Å². The SMILES string of the molecule is Nc1n[nH]c(C2CCCCC2)c1-c1cccc(Br)c1. The molecule has 0 aliphatic heterocycles. The second-order valence-corrected chi connectivity index (χ2v) is 6.16. The van der Waals surface area contributed by atoms with Crippen LogP contribution in [0.1, 0.15) is 43.7 Å². The number of halogens is 1. The van der Waals surface area contributed by atoms with Crippen LogP contribution in [0, 0.1) is 0 Å². The van der Waals surface area contributed by atoms with Gasteiger partial charge in [-0.1, -0.05) is 47.3 Å². The average molecular weight is 320 g/mol. The van der Waals surface area contributed by atoms with Gasteiger partial charge in [-0.25, -0.2) is 0 Å². The van der Waals surface area contributed by atoms with E-state index >= 15 is 0 Å². The lowest BCUT2D eigenvalue weighted by Crippen LogP contribution is -2.06. The molecule has 0 radical (unpaired) electrons. The van der Waals surface area contributed by atoms with Gasteiger partial charge < -0.3 is 5.73 Å². The van der Waals surface area contributed by atoms with Gasteiger partial charge in [0.05, 0.1) is 0 Å². The minimum atomic E-state index is 0.576. The molecule has 1 saturated carbocycles. The summed E-state index contributed by atoms with van der Waals surface area (Å²) in [6.07, 6.45) is 6.45. The summed E-state index contributed by atoms with van der Waals surface area (Å²) < 4.78 is 1.07. The Kier molecular flexibility index (Phi) is 3.60. The molecule has 1 aromatic heterocycles.